The van der Waals surface area contributed by atoms with Crippen LogP contribution in [0.1, 0.15) is 5.56 Å². The van der Waals surface area contributed by atoms with Gasteiger partial charge in [-0.2, -0.15) is 0 Å². The Labute approximate surface area is 162 Å². The number of hydrogen-bond donors (Lipinski definition) is 2. The second-order valence-electron chi connectivity index (χ2n) is 5.47. The maximum atomic E-state index is 12.0. The summed E-state index contributed by atoms with van der Waals surface area (Å²) in [7, 11) is 2.38. The quantitative estimate of drug-likeness (QED) is 0.430. The van der Waals surface area contributed by atoms with Crippen molar-refractivity contribution in [2.24, 2.45) is 0 Å². The number of anilines is 2. The lowest BCUT2D eigenvalue weighted by Gasteiger charge is -2.11. The molecule has 0 bridgehead atoms. The Bertz CT molecular complexity index is 864. The molecule has 0 atom stereocenters. The fraction of sp³-hybridized carbons (Fsp3) is 0.150. The molecule has 2 aromatic rings. The van der Waals surface area contributed by atoms with Crippen LogP contribution in [0.25, 0.3) is 0 Å². The molecule has 2 rings (SSSR count). The van der Waals surface area contributed by atoms with Crippen molar-refractivity contribution in [1.82, 2.24) is 0 Å². The molecule has 1 amide bonds. The highest BCUT2D eigenvalue weighted by Crippen LogP contribution is 2.18. The SMILES string of the molecule is COC(=O)/C=C(/Nc1cccc(NC(=O)OCc2ccccc2)c1)C(=O)OC. The van der Waals surface area contributed by atoms with E-state index in [1.165, 1.54) is 14.2 Å². The van der Waals surface area contributed by atoms with Gasteiger partial charge < -0.3 is 19.5 Å². The third-order valence-electron chi connectivity index (χ3n) is 3.47. The molecule has 8 heteroatoms. The van der Waals surface area contributed by atoms with Gasteiger partial charge in [-0.25, -0.2) is 14.4 Å². The van der Waals surface area contributed by atoms with Gasteiger partial charge in [0.25, 0.3) is 0 Å². The van der Waals surface area contributed by atoms with E-state index in [1.54, 1.807) is 24.3 Å². The first-order valence-electron chi connectivity index (χ1n) is 8.24. The number of benzene rings is 2. The van der Waals surface area contributed by atoms with Crippen LogP contribution in [0.2, 0.25) is 0 Å². The Balaban J connectivity index is 2.02. The van der Waals surface area contributed by atoms with Crippen LogP contribution in [0.3, 0.4) is 0 Å². The first-order chi connectivity index (χ1) is 13.5. The van der Waals surface area contributed by atoms with Gasteiger partial charge in [0.15, 0.2) is 0 Å². The van der Waals surface area contributed by atoms with Crippen LogP contribution in [0, 0.1) is 0 Å². The molecule has 0 unspecified atom stereocenters. The summed E-state index contributed by atoms with van der Waals surface area (Å²) in [6.07, 6.45) is 0.347. The van der Waals surface area contributed by atoms with Gasteiger partial charge in [0.05, 0.1) is 20.3 Å². The Kier molecular flexibility index (Phi) is 7.59. The van der Waals surface area contributed by atoms with E-state index >= 15 is 0 Å². The first kappa shape index (κ1) is 20.5. The third-order valence-corrected chi connectivity index (χ3v) is 3.47. The normalized spacial score (nSPS) is 10.6. The summed E-state index contributed by atoms with van der Waals surface area (Å²) in [6, 6.07) is 15.8. The molecule has 0 saturated carbocycles. The van der Waals surface area contributed by atoms with E-state index in [4.69, 9.17) is 4.74 Å². The maximum Gasteiger partial charge on any atom is 0.411 e. The molecule has 0 aliphatic heterocycles. The summed E-state index contributed by atoms with van der Waals surface area (Å²) in [5, 5.41) is 5.35. The van der Waals surface area contributed by atoms with Crippen molar-refractivity contribution in [3.8, 4) is 0 Å². The van der Waals surface area contributed by atoms with Crippen molar-refractivity contribution < 1.29 is 28.6 Å². The zero-order chi connectivity index (χ0) is 20.4. The van der Waals surface area contributed by atoms with Gasteiger partial charge >= 0.3 is 18.0 Å². The van der Waals surface area contributed by atoms with Crippen LogP contribution in [0.5, 0.6) is 0 Å². The standard InChI is InChI=1S/C20H20N2O6/c1-26-18(23)12-17(19(24)27-2)21-15-9-6-10-16(11-15)22-20(25)28-13-14-7-4-3-5-8-14/h3-12,21H,13H2,1-2H3,(H,22,25)/b17-12+. The molecule has 0 aliphatic carbocycles. The molecule has 0 fully saturated rings. The van der Waals surface area contributed by atoms with Crippen molar-refractivity contribution in [2.75, 3.05) is 24.9 Å². The minimum atomic E-state index is -0.744. The largest absolute Gasteiger partial charge is 0.466 e. The number of amides is 1. The van der Waals surface area contributed by atoms with E-state index in [-0.39, 0.29) is 12.3 Å². The highest BCUT2D eigenvalue weighted by molar-refractivity contribution is 5.99. The summed E-state index contributed by atoms with van der Waals surface area (Å²) in [5.74, 6) is -1.46. The zero-order valence-corrected chi connectivity index (χ0v) is 15.4. The van der Waals surface area contributed by atoms with Crippen molar-refractivity contribution in [3.63, 3.8) is 0 Å². The highest BCUT2D eigenvalue weighted by Gasteiger charge is 2.13. The summed E-state index contributed by atoms with van der Waals surface area (Å²) in [6.45, 7) is 0.138. The van der Waals surface area contributed by atoms with E-state index in [2.05, 4.69) is 20.1 Å². The molecule has 28 heavy (non-hydrogen) atoms. The first-order valence-corrected chi connectivity index (χ1v) is 8.24. The lowest BCUT2D eigenvalue weighted by molar-refractivity contribution is -0.138. The Morgan fingerprint density at radius 2 is 1.57 bits per heavy atom. The van der Waals surface area contributed by atoms with Crippen LogP contribution in [0.15, 0.2) is 66.4 Å². The molecular formula is C20H20N2O6. The number of rotatable bonds is 7. The lowest BCUT2D eigenvalue weighted by Crippen LogP contribution is -2.16. The zero-order valence-electron chi connectivity index (χ0n) is 15.4. The number of carbonyl (C=O) groups excluding carboxylic acids is 3. The average Bonchev–Trinajstić information content (AvgIpc) is 2.72. The summed E-state index contributed by atoms with van der Waals surface area (Å²) >= 11 is 0. The molecule has 0 heterocycles. The molecule has 0 radical (unpaired) electrons. The van der Waals surface area contributed by atoms with Gasteiger partial charge in [0.1, 0.15) is 12.3 Å². The predicted octanol–water partition coefficient (Wildman–Crippen LogP) is 3.08. The number of ether oxygens (including phenoxy) is 3. The topological polar surface area (TPSA) is 103 Å². The fourth-order valence-corrected chi connectivity index (χ4v) is 2.14. The van der Waals surface area contributed by atoms with Crippen molar-refractivity contribution >= 4 is 29.4 Å². The van der Waals surface area contributed by atoms with Gasteiger partial charge in [-0.3, -0.25) is 5.32 Å². The number of hydrogen-bond acceptors (Lipinski definition) is 7. The van der Waals surface area contributed by atoms with E-state index in [1.807, 2.05) is 30.3 Å². The van der Waals surface area contributed by atoms with Crippen molar-refractivity contribution in [3.05, 3.63) is 71.9 Å². The second-order valence-corrected chi connectivity index (χ2v) is 5.47. The van der Waals surface area contributed by atoms with Crippen molar-refractivity contribution in [1.29, 1.82) is 0 Å². The van der Waals surface area contributed by atoms with Crippen LogP contribution < -0.4 is 10.6 Å². The molecule has 0 aromatic heterocycles. The monoisotopic (exact) mass is 384 g/mol. The molecular weight excluding hydrogens is 364 g/mol. The van der Waals surface area contributed by atoms with Crippen LogP contribution in [0.4, 0.5) is 16.2 Å². The second kappa shape index (κ2) is 10.4. The van der Waals surface area contributed by atoms with Crippen LogP contribution in [-0.4, -0.2) is 32.3 Å². The lowest BCUT2D eigenvalue weighted by atomic mass is 10.2. The number of esters is 2. The van der Waals surface area contributed by atoms with Crippen LogP contribution in [-0.2, 0) is 30.4 Å². The Hall–Kier alpha value is -3.81. The summed E-state index contributed by atoms with van der Waals surface area (Å²) in [4.78, 5) is 35.2. The summed E-state index contributed by atoms with van der Waals surface area (Å²) < 4.78 is 14.3. The molecule has 146 valence electrons. The van der Waals surface area contributed by atoms with E-state index in [0.29, 0.717) is 11.4 Å². The van der Waals surface area contributed by atoms with Crippen molar-refractivity contribution in [2.45, 2.75) is 6.61 Å². The Morgan fingerprint density at radius 3 is 2.21 bits per heavy atom. The fourth-order valence-electron chi connectivity index (χ4n) is 2.14. The minimum Gasteiger partial charge on any atom is -0.466 e. The molecule has 0 aliphatic rings. The minimum absolute atomic E-state index is 0.113. The highest BCUT2D eigenvalue weighted by atomic mass is 16.5. The molecule has 0 spiro atoms. The smallest absolute Gasteiger partial charge is 0.411 e. The van der Waals surface area contributed by atoms with Gasteiger partial charge in [0, 0.05) is 11.4 Å². The number of methoxy groups -OCH3 is 2. The van der Waals surface area contributed by atoms with E-state index in [0.717, 1.165) is 11.6 Å². The number of nitrogens with one attached hydrogen (secondary N) is 2. The maximum absolute atomic E-state index is 12.0. The average molecular weight is 384 g/mol. The molecule has 0 saturated heterocycles. The number of carbonyl (C=O) groups is 3. The molecule has 2 N–H and O–H groups in total. The summed E-state index contributed by atoms with van der Waals surface area (Å²) in [5.41, 5.74) is 1.63. The van der Waals surface area contributed by atoms with Crippen LogP contribution >= 0.6 is 0 Å². The van der Waals surface area contributed by atoms with E-state index in [9.17, 15) is 14.4 Å². The Morgan fingerprint density at radius 1 is 0.893 bits per heavy atom. The third kappa shape index (κ3) is 6.49. The molecule has 2 aromatic carbocycles. The van der Waals surface area contributed by atoms with Gasteiger partial charge in [0.2, 0.25) is 0 Å². The predicted molar refractivity (Wildman–Crippen MR) is 102 cm³/mol. The van der Waals surface area contributed by atoms with E-state index < -0.39 is 18.0 Å². The van der Waals surface area contributed by atoms with Gasteiger partial charge in [-0.05, 0) is 23.8 Å². The molecule has 8 nitrogen and oxygen atoms in total. The van der Waals surface area contributed by atoms with Gasteiger partial charge in [-0.15, -0.1) is 0 Å². The van der Waals surface area contributed by atoms with Gasteiger partial charge in [-0.1, -0.05) is 36.4 Å².